The molecule has 1 saturated heterocycles. The van der Waals surface area contributed by atoms with Crippen molar-refractivity contribution >= 4 is 17.6 Å². The number of rotatable bonds is 3. The van der Waals surface area contributed by atoms with Gasteiger partial charge in [0.25, 0.3) is 5.56 Å². The average Bonchev–Trinajstić information content (AvgIpc) is 2.33. The molecule has 2 rings (SSSR count). The van der Waals surface area contributed by atoms with Crippen molar-refractivity contribution in [1.82, 2.24) is 9.88 Å². The number of nitrogens with two attached hydrogens (primary N) is 1. The molecule has 3 N–H and O–H groups in total. The van der Waals surface area contributed by atoms with Gasteiger partial charge in [-0.2, -0.15) is 0 Å². The summed E-state index contributed by atoms with van der Waals surface area (Å²) in [6, 6.07) is 2.48. The van der Waals surface area contributed by atoms with Crippen molar-refractivity contribution < 1.29 is 9.59 Å². The van der Waals surface area contributed by atoms with Crippen LogP contribution in [0.1, 0.15) is 6.42 Å². The molecule has 0 atom stereocenters. The van der Waals surface area contributed by atoms with E-state index in [9.17, 15) is 14.4 Å². The first kappa shape index (κ1) is 12.3. The quantitative estimate of drug-likeness (QED) is 0.737. The second kappa shape index (κ2) is 5.01. The number of nitrogens with one attached hydrogen (secondary N) is 1. The minimum absolute atomic E-state index is 0.169. The van der Waals surface area contributed by atoms with Gasteiger partial charge in [-0.3, -0.25) is 19.8 Å². The SMILES string of the molecule is NCCn1cc(N2CCC(=O)NC2=O)ccc1=O. The van der Waals surface area contributed by atoms with Gasteiger partial charge in [0, 0.05) is 38.3 Å². The van der Waals surface area contributed by atoms with Gasteiger partial charge in [0.1, 0.15) is 0 Å². The standard InChI is InChI=1S/C11H14N4O3/c12-4-6-14-7-8(1-2-10(14)17)15-5-3-9(16)13-11(15)18/h1-2,7H,3-6,12H2,(H,13,16,18). The number of pyridine rings is 1. The molecule has 0 saturated carbocycles. The molecule has 1 aromatic rings. The van der Waals surface area contributed by atoms with E-state index in [1.165, 1.54) is 15.5 Å². The van der Waals surface area contributed by atoms with Crippen LogP contribution >= 0.6 is 0 Å². The highest BCUT2D eigenvalue weighted by atomic mass is 16.2. The molecule has 1 fully saturated rings. The summed E-state index contributed by atoms with van der Waals surface area (Å²) in [5.74, 6) is -0.286. The summed E-state index contributed by atoms with van der Waals surface area (Å²) in [4.78, 5) is 35.6. The van der Waals surface area contributed by atoms with Crippen molar-refractivity contribution in [2.75, 3.05) is 18.0 Å². The summed E-state index contributed by atoms with van der Waals surface area (Å²) >= 11 is 0. The Kier molecular flexibility index (Phi) is 3.42. The van der Waals surface area contributed by atoms with E-state index in [-0.39, 0.29) is 17.9 Å². The third kappa shape index (κ3) is 2.40. The molecule has 0 aliphatic carbocycles. The number of imide groups is 1. The van der Waals surface area contributed by atoms with E-state index in [1.54, 1.807) is 12.3 Å². The maximum Gasteiger partial charge on any atom is 0.328 e. The lowest BCUT2D eigenvalue weighted by Crippen LogP contribution is -2.49. The molecular formula is C11H14N4O3. The summed E-state index contributed by atoms with van der Waals surface area (Å²) in [5.41, 5.74) is 5.81. The van der Waals surface area contributed by atoms with Gasteiger partial charge < -0.3 is 10.3 Å². The lowest BCUT2D eigenvalue weighted by molar-refractivity contribution is -0.120. The van der Waals surface area contributed by atoms with Crippen LogP contribution in [0.2, 0.25) is 0 Å². The van der Waals surface area contributed by atoms with Gasteiger partial charge >= 0.3 is 6.03 Å². The summed E-state index contributed by atoms with van der Waals surface area (Å²) in [5, 5.41) is 2.23. The highest BCUT2D eigenvalue weighted by Gasteiger charge is 2.24. The van der Waals surface area contributed by atoms with Crippen molar-refractivity contribution in [3.8, 4) is 0 Å². The Balaban J connectivity index is 2.28. The van der Waals surface area contributed by atoms with E-state index in [1.807, 2.05) is 0 Å². The largest absolute Gasteiger partial charge is 0.329 e. The Morgan fingerprint density at radius 1 is 1.28 bits per heavy atom. The third-order valence-electron chi connectivity index (χ3n) is 2.70. The smallest absolute Gasteiger partial charge is 0.328 e. The Labute approximate surface area is 103 Å². The number of anilines is 1. The lowest BCUT2D eigenvalue weighted by atomic mass is 10.2. The van der Waals surface area contributed by atoms with Crippen LogP contribution in [0.4, 0.5) is 10.5 Å². The first-order valence-electron chi connectivity index (χ1n) is 5.64. The van der Waals surface area contributed by atoms with E-state index >= 15 is 0 Å². The van der Waals surface area contributed by atoms with E-state index in [0.29, 0.717) is 25.3 Å². The van der Waals surface area contributed by atoms with E-state index in [0.717, 1.165) is 0 Å². The molecular weight excluding hydrogens is 236 g/mol. The molecule has 0 spiro atoms. The molecule has 96 valence electrons. The molecule has 18 heavy (non-hydrogen) atoms. The number of amides is 3. The van der Waals surface area contributed by atoms with Crippen LogP contribution in [0, 0.1) is 0 Å². The molecule has 3 amide bonds. The van der Waals surface area contributed by atoms with Crippen LogP contribution in [0.25, 0.3) is 0 Å². The Morgan fingerprint density at radius 3 is 2.72 bits per heavy atom. The predicted molar refractivity (Wildman–Crippen MR) is 65.3 cm³/mol. The fourth-order valence-electron chi connectivity index (χ4n) is 1.80. The van der Waals surface area contributed by atoms with Gasteiger partial charge in [0.15, 0.2) is 0 Å². The average molecular weight is 250 g/mol. The number of urea groups is 1. The van der Waals surface area contributed by atoms with Crippen molar-refractivity contribution in [2.45, 2.75) is 13.0 Å². The minimum Gasteiger partial charge on any atom is -0.329 e. The fourth-order valence-corrected chi connectivity index (χ4v) is 1.80. The number of hydrogen-bond donors (Lipinski definition) is 2. The molecule has 1 aromatic heterocycles. The van der Waals surface area contributed by atoms with Crippen LogP contribution in [-0.2, 0) is 11.3 Å². The Bertz CT molecular complexity index is 537. The zero-order valence-electron chi connectivity index (χ0n) is 9.76. The molecule has 0 radical (unpaired) electrons. The van der Waals surface area contributed by atoms with Crippen molar-refractivity contribution in [3.05, 3.63) is 28.7 Å². The summed E-state index contributed by atoms with van der Waals surface area (Å²) in [7, 11) is 0. The van der Waals surface area contributed by atoms with Gasteiger partial charge in [0.2, 0.25) is 5.91 Å². The second-order valence-electron chi connectivity index (χ2n) is 3.96. The highest BCUT2D eigenvalue weighted by molar-refractivity contribution is 6.05. The van der Waals surface area contributed by atoms with Crippen LogP contribution in [0.15, 0.2) is 23.1 Å². The molecule has 0 unspecified atom stereocenters. The second-order valence-corrected chi connectivity index (χ2v) is 3.96. The van der Waals surface area contributed by atoms with E-state index in [4.69, 9.17) is 5.73 Å². The summed E-state index contributed by atoms with van der Waals surface area (Å²) in [6.45, 7) is 1.04. The number of nitrogens with zero attached hydrogens (tertiary/aromatic N) is 2. The van der Waals surface area contributed by atoms with E-state index < -0.39 is 6.03 Å². The molecule has 0 aromatic carbocycles. The number of hydrogen-bond acceptors (Lipinski definition) is 4. The van der Waals surface area contributed by atoms with Gasteiger partial charge in [0.05, 0.1) is 5.69 Å². The molecule has 7 heteroatoms. The molecule has 7 nitrogen and oxygen atoms in total. The van der Waals surface area contributed by atoms with Crippen molar-refractivity contribution in [1.29, 1.82) is 0 Å². The molecule has 2 heterocycles. The van der Waals surface area contributed by atoms with Crippen molar-refractivity contribution in [3.63, 3.8) is 0 Å². The molecule has 1 aliphatic heterocycles. The third-order valence-corrected chi connectivity index (χ3v) is 2.70. The zero-order valence-corrected chi connectivity index (χ0v) is 9.76. The normalized spacial score (nSPS) is 15.7. The summed E-state index contributed by atoms with van der Waals surface area (Å²) in [6.07, 6.45) is 1.83. The van der Waals surface area contributed by atoms with Gasteiger partial charge in [-0.1, -0.05) is 0 Å². The lowest BCUT2D eigenvalue weighted by Gasteiger charge is -2.26. The topological polar surface area (TPSA) is 97.4 Å². The van der Waals surface area contributed by atoms with Crippen LogP contribution in [0.5, 0.6) is 0 Å². The van der Waals surface area contributed by atoms with Gasteiger partial charge in [-0.15, -0.1) is 0 Å². The monoisotopic (exact) mass is 250 g/mol. The van der Waals surface area contributed by atoms with Crippen LogP contribution in [0.3, 0.4) is 0 Å². The first-order chi connectivity index (χ1) is 8.61. The van der Waals surface area contributed by atoms with Crippen LogP contribution in [-0.4, -0.2) is 29.6 Å². The van der Waals surface area contributed by atoms with Gasteiger partial charge in [-0.25, -0.2) is 4.79 Å². The van der Waals surface area contributed by atoms with Crippen LogP contribution < -0.4 is 21.5 Å². The Morgan fingerprint density at radius 2 is 2.06 bits per heavy atom. The Hall–Kier alpha value is -2.15. The first-order valence-corrected chi connectivity index (χ1v) is 5.64. The highest BCUT2D eigenvalue weighted by Crippen LogP contribution is 2.14. The summed E-state index contributed by atoms with van der Waals surface area (Å²) < 4.78 is 1.44. The van der Waals surface area contributed by atoms with Gasteiger partial charge in [-0.05, 0) is 6.07 Å². The number of carbonyl (C=O) groups is 2. The molecule has 1 aliphatic rings. The minimum atomic E-state index is -0.468. The molecule has 0 bridgehead atoms. The number of aromatic nitrogens is 1. The fraction of sp³-hybridized carbons (Fsp3) is 0.364. The maximum atomic E-state index is 11.6. The maximum absolute atomic E-state index is 11.6. The predicted octanol–water partition coefficient (Wildman–Crippen LogP) is -0.747. The number of carbonyl (C=O) groups excluding carboxylic acids is 2. The van der Waals surface area contributed by atoms with E-state index in [2.05, 4.69) is 5.32 Å². The zero-order chi connectivity index (χ0) is 13.1. The van der Waals surface area contributed by atoms with Crippen molar-refractivity contribution in [2.24, 2.45) is 5.73 Å².